The zero-order valence-electron chi connectivity index (χ0n) is 20.2. The molecule has 0 unspecified atom stereocenters. The van der Waals surface area contributed by atoms with E-state index >= 15 is 0 Å². The molecule has 2 heterocycles. The third kappa shape index (κ3) is 4.26. The van der Waals surface area contributed by atoms with Crippen molar-refractivity contribution in [2.45, 2.75) is 0 Å². The topological polar surface area (TPSA) is 64.6 Å². The van der Waals surface area contributed by atoms with Crippen LogP contribution in [0.4, 0.5) is 33.1 Å². The smallest absolute Gasteiger partial charge is 0.195 e. The number of hydrogen-bond acceptors (Lipinski definition) is 5. The average molecular weight is 476 g/mol. The highest BCUT2D eigenvalue weighted by Gasteiger charge is 2.32. The van der Waals surface area contributed by atoms with Gasteiger partial charge in [0, 0.05) is 24.2 Å². The standard InChI is InChI=1S/C29H24FN6/c1-35(24-15-14-20(18-31)16-23(24)30)26-17-25-28(32-19-36(25,2)3)29(33-26)34-27(21-10-6-4-7-11-21)22-12-8-5-9-13-22/h4-17,19H,1-3H3/q+1. The number of hydrogen-bond donors (Lipinski definition) is 0. The van der Waals surface area contributed by atoms with Crippen molar-refractivity contribution in [2.75, 3.05) is 26.0 Å². The van der Waals surface area contributed by atoms with Crippen LogP contribution >= 0.6 is 0 Å². The van der Waals surface area contributed by atoms with Crippen LogP contribution in [0.2, 0.25) is 0 Å². The summed E-state index contributed by atoms with van der Waals surface area (Å²) in [5, 5.41) is 9.11. The molecule has 0 atom stereocenters. The largest absolute Gasteiger partial charge is 0.327 e. The van der Waals surface area contributed by atoms with Gasteiger partial charge in [-0.15, -0.1) is 0 Å². The van der Waals surface area contributed by atoms with E-state index in [2.05, 4.69) is 4.99 Å². The number of nitriles is 1. The van der Waals surface area contributed by atoms with Gasteiger partial charge >= 0.3 is 0 Å². The Morgan fingerprint density at radius 1 is 0.944 bits per heavy atom. The van der Waals surface area contributed by atoms with Gasteiger partial charge in [0.15, 0.2) is 23.5 Å². The number of fused-ring (bicyclic) bond motifs is 1. The molecule has 1 aliphatic rings. The van der Waals surface area contributed by atoms with Crippen LogP contribution in [-0.2, 0) is 0 Å². The van der Waals surface area contributed by atoms with Gasteiger partial charge in [0.25, 0.3) is 0 Å². The molecule has 0 fully saturated rings. The highest BCUT2D eigenvalue weighted by Crippen LogP contribution is 2.45. The second kappa shape index (κ2) is 9.17. The van der Waals surface area contributed by atoms with Gasteiger partial charge in [-0.1, -0.05) is 60.7 Å². The molecule has 0 saturated heterocycles. The molecule has 36 heavy (non-hydrogen) atoms. The molecule has 0 aliphatic carbocycles. The number of nitrogens with zero attached hydrogens (tertiary/aromatic N) is 6. The molecule has 1 aliphatic heterocycles. The maximum Gasteiger partial charge on any atom is 0.195 e. The molecule has 0 amide bonds. The molecular weight excluding hydrogens is 451 g/mol. The third-order valence-corrected chi connectivity index (χ3v) is 6.13. The van der Waals surface area contributed by atoms with Crippen molar-refractivity contribution in [3.8, 4) is 6.07 Å². The number of aromatic nitrogens is 1. The van der Waals surface area contributed by atoms with Crippen LogP contribution in [0, 0.1) is 17.1 Å². The molecule has 0 radical (unpaired) electrons. The third-order valence-electron chi connectivity index (χ3n) is 6.13. The second-order valence-electron chi connectivity index (χ2n) is 8.99. The van der Waals surface area contributed by atoms with Crippen molar-refractivity contribution >= 4 is 40.7 Å². The van der Waals surface area contributed by atoms with Crippen LogP contribution in [0.3, 0.4) is 0 Å². The Bertz CT molecular complexity index is 1490. The lowest BCUT2D eigenvalue weighted by atomic mass is 10.0. The molecule has 3 aromatic carbocycles. The Hall–Kier alpha value is -4.67. The van der Waals surface area contributed by atoms with Gasteiger partial charge in [0.2, 0.25) is 0 Å². The Kier molecular flexibility index (Phi) is 5.88. The number of quaternary nitrogens is 1. The molecule has 0 saturated carbocycles. The summed E-state index contributed by atoms with van der Waals surface area (Å²) in [6, 6.07) is 28.2. The highest BCUT2D eigenvalue weighted by atomic mass is 19.1. The van der Waals surface area contributed by atoms with Crippen molar-refractivity contribution < 1.29 is 4.39 Å². The quantitative estimate of drug-likeness (QED) is 0.252. The van der Waals surface area contributed by atoms with E-state index in [-0.39, 0.29) is 5.56 Å². The van der Waals surface area contributed by atoms with Crippen molar-refractivity contribution in [1.29, 1.82) is 5.26 Å². The molecule has 176 valence electrons. The molecule has 5 rings (SSSR count). The van der Waals surface area contributed by atoms with E-state index in [0.717, 1.165) is 22.5 Å². The SMILES string of the molecule is CN(c1cc2c(c(N=C(c3ccccc3)c3ccccc3)n1)N=C[N+]2(C)C)c1ccc(C#N)cc1F. The normalized spacial score (nSPS) is 13.1. The first kappa shape index (κ1) is 23.1. The van der Waals surface area contributed by atoms with E-state index < -0.39 is 5.82 Å². The summed E-state index contributed by atoms with van der Waals surface area (Å²) in [4.78, 5) is 16.2. The lowest BCUT2D eigenvalue weighted by molar-refractivity contribution is 0.623. The lowest BCUT2D eigenvalue weighted by Crippen LogP contribution is -2.36. The van der Waals surface area contributed by atoms with Crippen molar-refractivity contribution in [2.24, 2.45) is 9.98 Å². The summed E-state index contributed by atoms with van der Waals surface area (Å²) < 4.78 is 15.3. The number of rotatable bonds is 5. The summed E-state index contributed by atoms with van der Waals surface area (Å²) in [6.07, 6.45) is 1.84. The number of pyridine rings is 1. The fourth-order valence-electron chi connectivity index (χ4n) is 4.14. The van der Waals surface area contributed by atoms with E-state index in [0.29, 0.717) is 27.5 Å². The van der Waals surface area contributed by atoms with Crippen molar-refractivity contribution in [3.05, 3.63) is 107 Å². The summed E-state index contributed by atoms with van der Waals surface area (Å²) in [6.45, 7) is 0. The van der Waals surface area contributed by atoms with Crippen LogP contribution in [0.15, 0.2) is 94.9 Å². The van der Waals surface area contributed by atoms with E-state index in [1.165, 1.54) is 6.07 Å². The Morgan fingerprint density at radius 3 is 2.17 bits per heavy atom. The molecule has 0 N–H and O–H groups in total. The molecule has 0 bridgehead atoms. The Labute approximate surface area is 209 Å². The van der Waals surface area contributed by atoms with E-state index in [4.69, 9.17) is 15.2 Å². The van der Waals surface area contributed by atoms with Crippen molar-refractivity contribution in [3.63, 3.8) is 0 Å². The summed E-state index contributed by atoms with van der Waals surface area (Å²) >= 11 is 0. The number of benzene rings is 3. The van der Waals surface area contributed by atoms with Crippen LogP contribution < -0.4 is 9.38 Å². The summed E-state index contributed by atoms with van der Waals surface area (Å²) in [5.41, 5.74) is 4.83. The van der Waals surface area contributed by atoms with Crippen LogP contribution in [0.25, 0.3) is 0 Å². The van der Waals surface area contributed by atoms with E-state index in [1.54, 1.807) is 24.1 Å². The van der Waals surface area contributed by atoms with Gasteiger partial charge in [-0.2, -0.15) is 10.3 Å². The average Bonchev–Trinajstić information content (AvgIpc) is 3.22. The second-order valence-corrected chi connectivity index (χ2v) is 8.99. The lowest BCUT2D eigenvalue weighted by Gasteiger charge is -2.23. The molecule has 4 aromatic rings. The molecule has 7 heteroatoms. The van der Waals surface area contributed by atoms with Gasteiger partial charge in [-0.05, 0) is 18.2 Å². The number of halogens is 1. The maximum atomic E-state index is 14.9. The van der Waals surface area contributed by atoms with Crippen molar-refractivity contribution in [1.82, 2.24) is 9.47 Å². The molecule has 6 nitrogen and oxygen atoms in total. The van der Waals surface area contributed by atoms with Gasteiger partial charge in [-0.3, -0.25) is 4.48 Å². The monoisotopic (exact) mass is 475 g/mol. The van der Waals surface area contributed by atoms with E-state index in [9.17, 15) is 4.39 Å². The minimum atomic E-state index is -0.497. The van der Waals surface area contributed by atoms with Crippen LogP contribution in [0.5, 0.6) is 0 Å². The minimum Gasteiger partial charge on any atom is -0.327 e. The van der Waals surface area contributed by atoms with E-state index in [1.807, 2.05) is 93.2 Å². The van der Waals surface area contributed by atoms with Gasteiger partial charge in [0.05, 0.1) is 37.1 Å². The number of anilines is 2. The summed E-state index contributed by atoms with van der Waals surface area (Å²) in [5.74, 6) is 0.475. The Balaban J connectivity index is 1.71. The van der Waals surface area contributed by atoms with Gasteiger partial charge in [-0.25, -0.2) is 14.4 Å². The first-order chi connectivity index (χ1) is 17.4. The van der Waals surface area contributed by atoms with Gasteiger partial charge < -0.3 is 4.90 Å². The molecule has 1 aromatic heterocycles. The minimum absolute atomic E-state index is 0.262. The molecule has 0 spiro atoms. The zero-order chi connectivity index (χ0) is 25.3. The molecular formula is C29H24FN6+. The fourth-order valence-corrected chi connectivity index (χ4v) is 4.14. The maximum absolute atomic E-state index is 14.9. The van der Waals surface area contributed by atoms with Crippen LogP contribution in [0.1, 0.15) is 16.7 Å². The van der Waals surface area contributed by atoms with Gasteiger partial charge in [0.1, 0.15) is 11.6 Å². The highest BCUT2D eigenvalue weighted by molar-refractivity contribution is 6.14. The fraction of sp³-hybridized carbons (Fsp3) is 0.103. The predicted molar refractivity (Wildman–Crippen MR) is 143 cm³/mol. The number of aliphatic imine (C=N–C) groups is 2. The zero-order valence-corrected chi connectivity index (χ0v) is 20.2. The first-order valence-electron chi connectivity index (χ1n) is 11.4. The predicted octanol–water partition coefficient (Wildman–Crippen LogP) is 6.27. The first-order valence-corrected chi connectivity index (χ1v) is 11.4. The Morgan fingerprint density at radius 2 is 1.58 bits per heavy atom. The van der Waals surface area contributed by atoms with Crippen LogP contribution in [-0.4, -0.2) is 38.2 Å². The summed E-state index contributed by atoms with van der Waals surface area (Å²) in [7, 11) is 5.78.